The summed E-state index contributed by atoms with van der Waals surface area (Å²) in [5.74, 6) is -3.04. The van der Waals surface area contributed by atoms with Crippen molar-refractivity contribution in [3.8, 4) is 0 Å². The van der Waals surface area contributed by atoms with E-state index in [9.17, 15) is 23.6 Å². The van der Waals surface area contributed by atoms with Gasteiger partial charge >= 0.3 is 0 Å². The maximum atomic E-state index is 14.2. The number of anilines is 1. The smallest absolute Gasteiger partial charge is 0.295 e. The molecule has 1 atom stereocenters. The van der Waals surface area contributed by atoms with Gasteiger partial charge in [-0.25, -0.2) is 4.39 Å². The van der Waals surface area contributed by atoms with E-state index in [4.69, 9.17) is 5.73 Å². The highest BCUT2D eigenvalue weighted by Gasteiger charge is 2.60. The lowest BCUT2D eigenvalue weighted by atomic mass is 9.68. The molecule has 2 saturated carbocycles. The summed E-state index contributed by atoms with van der Waals surface area (Å²) in [6, 6.07) is 0.420. The van der Waals surface area contributed by atoms with Gasteiger partial charge in [0.1, 0.15) is 17.8 Å². The average molecular weight is 450 g/mol. The van der Waals surface area contributed by atoms with Crippen LogP contribution in [0.25, 0.3) is 0 Å². The zero-order valence-corrected chi connectivity index (χ0v) is 18.9. The Morgan fingerprint density at radius 3 is 2.41 bits per heavy atom. The van der Waals surface area contributed by atoms with Crippen LogP contribution in [0.5, 0.6) is 0 Å². The zero-order valence-electron chi connectivity index (χ0n) is 18.9. The molecular formula is C22H32FN5O4. The molecule has 0 bridgehead atoms. The normalized spacial score (nSPS) is 24.9. The number of rotatable bonds is 9. The van der Waals surface area contributed by atoms with E-state index in [1.54, 1.807) is 20.2 Å². The summed E-state index contributed by atoms with van der Waals surface area (Å²) in [6.07, 6.45) is 3.59. The molecule has 3 N–H and O–H groups in total. The Kier molecular flexibility index (Phi) is 6.71. The van der Waals surface area contributed by atoms with Crippen molar-refractivity contribution in [1.82, 2.24) is 14.7 Å². The van der Waals surface area contributed by atoms with E-state index in [0.717, 1.165) is 30.6 Å². The molecule has 2 fully saturated rings. The number of aromatic nitrogens is 2. The van der Waals surface area contributed by atoms with E-state index in [1.165, 1.54) is 10.7 Å². The van der Waals surface area contributed by atoms with Crippen molar-refractivity contribution in [3.63, 3.8) is 0 Å². The fraction of sp³-hybridized carbons (Fsp3) is 0.682. The van der Waals surface area contributed by atoms with Gasteiger partial charge < -0.3 is 16.0 Å². The van der Waals surface area contributed by atoms with Crippen LogP contribution in [0, 0.1) is 5.41 Å². The molecule has 176 valence electrons. The monoisotopic (exact) mass is 449 g/mol. The second-order valence-corrected chi connectivity index (χ2v) is 9.45. The number of Topliss-reactive ketones (excluding diaryl/α,β-unsaturated/α-hetero) is 1. The minimum Gasteiger partial charge on any atom is -0.368 e. The Bertz CT molecular complexity index is 902. The number of alkyl halides is 1. The number of carbonyl (C=O) groups excluding carboxylic acids is 4. The number of hydrogen-bond acceptors (Lipinski definition) is 5. The van der Waals surface area contributed by atoms with Crippen LogP contribution in [0.2, 0.25) is 0 Å². The molecule has 2 aliphatic carbocycles. The summed E-state index contributed by atoms with van der Waals surface area (Å²) in [6.45, 7) is 3.63. The highest BCUT2D eigenvalue weighted by Crippen LogP contribution is 2.47. The van der Waals surface area contributed by atoms with Crippen molar-refractivity contribution in [2.45, 2.75) is 83.0 Å². The van der Waals surface area contributed by atoms with Crippen molar-refractivity contribution in [2.75, 3.05) is 5.32 Å². The molecule has 3 amide bonds. The summed E-state index contributed by atoms with van der Waals surface area (Å²) in [4.78, 5) is 52.9. The molecule has 1 aromatic rings. The van der Waals surface area contributed by atoms with Crippen LogP contribution in [0.3, 0.4) is 0 Å². The van der Waals surface area contributed by atoms with Crippen LogP contribution in [0.1, 0.15) is 65.2 Å². The fourth-order valence-corrected chi connectivity index (χ4v) is 5.13. The highest BCUT2D eigenvalue weighted by molar-refractivity contribution is 6.44. The molecule has 2 aliphatic rings. The van der Waals surface area contributed by atoms with Gasteiger partial charge in [-0.05, 0) is 24.7 Å². The lowest BCUT2D eigenvalue weighted by Gasteiger charge is -2.52. The standard InChI is InChI=1S/C22H32FN5O4/c1-4-17(29)28(15(19(24)31)13-21(2)8-5-6-9-21)22(11-14(23)12-22)18(30)20(32)25-16-7-10-27(3)26-16/h7,10,14-15H,4-6,8-9,11-13H2,1-3H3,(H2,24,31)(H,25,26,32). The van der Waals surface area contributed by atoms with Crippen LogP contribution in [0.4, 0.5) is 10.2 Å². The SMILES string of the molecule is CCC(=O)N(C(CC1(C)CCCC1)C(N)=O)C1(C(=O)C(=O)Nc2ccn(C)n2)CC(F)C1. The summed E-state index contributed by atoms with van der Waals surface area (Å²) in [5, 5.41) is 6.43. The second kappa shape index (κ2) is 8.99. The van der Waals surface area contributed by atoms with E-state index in [0.29, 0.717) is 0 Å². The molecule has 3 rings (SSSR count). The van der Waals surface area contributed by atoms with E-state index in [1.807, 2.05) is 6.92 Å². The quantitative estimate of drug-likeness (QED) is 0.556. The molecule has 1 heterocycles. The van der Waals surface area contributed by atoms with Gasteiger partial charge in [-0.15, -0.1) is 0 Å². The number of primary amides is 1. The van der Waals surface area contributed by atoms with Gasteiger partial charge in [0, 0.05) is 38.6 Å². The first-order chi connectivity index (χ1) is 15.0. The zero-order chi connectivity index (χ0) is 23.7. The van der Waals surface area contributed by atoms with Crippen LogP contribution < -0.4 is 11.1 Å². The third-order valence-electron chi connectivity index (χ3n) is 6.87. The molecular weight excluding hydrogens is 417 g/mol. The topological polar surface area (TPSA) is 127 Å². The average Bonchev–Trinajstić information content (AvgIpc) is 3.32. The first kappa shape index (κ1) is 23.9. The van der Waals surface area contributed by atoms with Gasteiger partial charge in [0.05, 0.1) is 0 Å². The number of halogens is 1. The largest absolute Gasteiger partial charge is 0.368 e. The van der Waals surface area contributed by atoms with Gasteiger partial charge in [0.25, 0.3) is 5.91 Å². The van der Waals surface area contributed by atoms with E-state index < -0.39 is 41.3 Å². The highest BCUT2D eigenvalue weighted by atomic mass is 19.1. The number of nitrogens with two attached hydrogens (primary N) is 1. The number of hydrogen-bond donors (Lipinski definition) is 2. The molecule has 0 radical (unpaired) electrons. The maximum absolute atomic E-state index is 14.2. The van der Waals surface area contributed by atoms with Gasteiger partial charge in [-0.3, -0.25) is 23.9 Å². The Morgan fingerprint density at radius 1 is 1.31 bits per heavy atom. The molecule has 32 heavy (non-hydrogen) atoms. The van der Waals surface area contributed by atoms with Crippen molar-refractivity contribution in [2.24, 2.45) is 18.2 Å². The third kappa shape index (κ3) is 4.54. The molecule has 0 spiro atoms. The maximum Gasteiger partial charge on any atom is 0.295 e. The summed E-state index contributed by atoms with van der Waals surface area (Å²) in [5.41, 5.74) is 3.78. The Morgan fingerprint density at radius 2 is 1.94 bits per heavy atom. The molecule has 0 saturated heterocycles. The number of aryl methyl sites for hydroxylation is 1. The fourth-order valence-electron chi connectivity index (χ4n) is 5.13. The van der Waals surface area contributed by atoms with Crippen molar-refractivity contribution < 1.29 is 23.6 Å². The predicted molar refractivity (Wildman–Crippen MR) is 115 cm³/mol. The Hall–Kier alpha value is -2.78. The Labute approximate surface area is 186 Å². The van der Waals surface area contributed by atoms with Gasteiger partial charge in [-0.1, -0.05) is 26.7 Å². The van der Waals surface area contributed by atoms with Crippen LogP contribution in [-0.2, 0) is 26.2 Å². The van der Waals surface area contributed by atoms with Crippen molar-refractivity contribution in [3.05, 3.63) is 12.3 Å². The number of carbonyl (C=O) groups is 4. The van der Waals surface area contributed by atoms with Gasteiger partial charge in [0.2, 0.25) is 17.6 Å². The van der Waals surface area contributed by atoms with E-state index in [2.05, 4.69) is 10.4 Å². The minimum atomic E-state index is -1.74. The summed E-state index contributed by atoms with van der Waals surface area (Å²) < 4.78 is 15.6. The molecule has 10 heteroatoms. The van der Waals surface area contributed by atoms with E-state index >= 15 is 0 Å². The van der Waals surface area contributed by atoms with Gasteiger partial charge in [0.15, 0.2) is 5.82 Å². The molecule has 1 unspecified atom stereocenters. The van der Waals surface area contributed by atoms with Gasteiger partial charge in [-0.2, -0.15) is 5.10 Å². The second-order valence-electron chi connectivity index (χ2n) is 9.45. The predicted octanol–water partition coefficient (Wildman–Crippen LogP) is 1.86. The number of amides is 3. The number of nitrogens with one attached hydrogen (secondary N) is 1. The molecule has 0 aliphatic heterocycles. The third-order valence-corrected chi connectivity index (χ3v) is 6.87. The Balaban J connectivity index is 1.95. The lowest BCUT2D eigenvalue weighted by molar-refractivity contribution is -0.167. The van der Waals surface area contributed by atoms with Crippen LogP contribution in [0.15, 0.2) is 12.3 Å². The summed E-state index contributed by atoms with van der Waals surface area (Å²) >= 11 is 0. The summed E-state index contributed by atoms with van der Waals surface area (Å²) in [7, 11) is 1.65. The van der Waals surface area contributed by atoms with Crippen molar-refractivity contribution >= 4 is 29.3 Å². The molecule has 1 aromatic heterocycles. The first-order valence-electron chi connectivity index (χ1n) is 11.1. The van der Waals surface area contributed by atoms with Crippen molar-refractivity contribution in [1.29, 1.82) is 0 Å². The van der Waals surface area contributed by atoms with E-state index in [-0.39, 0.29) is 36.9 Å². The lowest BCUT2D eigenvalue weighted by Crippen LogP contribution is -2.71. The van der Waals surface area contributed by atoms with Crippen LogP contribution in [-0.4, -0.2) is 55.9 Å². The minimum absolute atomic E-state index is 0.00562. The van der Waals surface area contributed by atoms with Crippen LogP contribution >= 0.6 is 0 Å². The molecule has 0 aromatic carbocycles. The molecule has 9 nitrogen and oxygen atoms in total. The number of nitrogens with zero attached hydrogens (tertiary/aromatic N) is 3. The first-order valence-corrected chi connectivity index (χ1v) is 11.1. The number of ketones is 1.